The van der Waals surface area contributed by atoms with Gasteiger partial charge >= 0.3 is 0 Å². The number of rotatable bonds is 3. The van der Waals surface area contributed by atoms with Crippen LogP contribution < -0.4 is 4.90 Å². The van der Waals surface area contributed by atoms with Crippen LogP contribution in [0.1, 0.15) is 19.0 Å². The number of hydrogen-bond donors (Lipinski definition) is 0. The first-order valence-electron chi connectivity index (χ1n) is 7.38. The lowest BCUT2D eigenvalue weighted by atomic mass is 10.1. The third kappa shape index (κ3) is 3.03. The van der Waals surface area contributed by atoms with Crippen molar-refractivity contribution in [3.8, 4) is 11.4 Å². The molecular formula is C16H20N4O. The average molecular weight is 284 g/mol. The minimum absolute atomic E-state index is 0.384. The highest BCUT2D eigenvalue weighted by Gasteiger charge is 2.23. The summed E-state index contributed by atoms with van der Waals surface area (Å²) in [5.41, 5.74) is 1.92. The second-order valence-electron chi connectivity index (χ2n) is 5.26. The van der Waals surface area contributed by atoms with Crippen LogP contribution in [0.25, 0.3) is 11.4 Å². The number of pyridine rings is 1. The number of nitrogens with zero attached hydrogens (tertiary/aromatic N) is 4. The molecule has 1 atom stereocenters. The Morgan fingerprint density at radius 3 is 3.05 bits per heavy atom. The van der Waals surface area contributed by atoms with Crippen molar-refractivity contribution in [2.24, 2.45) is 0 Å². The lowest BCUT2D eigenvalue weighted by Gasteiger charge is -2.36. The minimum Gasteiger partial charge on any atom is -0.377 e. The third-order valence-corrected chi connectivity index (χ3v) is 3.75. The van der Waals surface area contributed by atoms with Crippen LogP contribution in [0.4, 0.5) is 5.82 Å². The van der Waals surface area contributed by atoms with Gasteiger partial charge in [0.2, 0.25) is 0 Å². The second-order valence-corrected chi connectivity index (χ2v) is 5.26. The number of ether oxygens (including phenoxy) is 1. The maximum Gasteiger partial charge on any atom is 0.163 e. The summed E-state index contributed by atoms with van der Waals surface area (Å²) in [5.74, 6) is 1.72. The van der Waals surface area contributed by atoms with Crippen molar-refractivity contribution in [1.29, 1.82) is 0 Å². The van der Waals surface area contributed by atoms with Crippen LogP contribution >= 0.6 is 0 Å². The predicted octanol–water partition coefficient (Wildman–Crippen LogP) is 2.46. The number of aromatic nitrogens is 3. The molecule has 21 heavy (non-hydrogen) atoms. The fourth-order valence-electron chi connectivity index (χ4n) is 2.62. The largest absolute Gasteiger partial charge is 0.377 e. The molecule has 5 heteroatoms. The molecule has 0 aromatic carbocycles. The molecular weight excluding hydrogens is 264 g/mol. The molecule has 0 radical (unpaired) electrons. The molecule has 2 aromatic heterocycles. The zero-order valence-corrected chi connectivity index (χ0v) is 12.5. The summed E-state index contributed by atoms with van der Waals surface area (Å²) in [4.78, 5) is 15.8. The van der Waals surface area contributed by atoms with Gasteiger partial charge in [-0.05, 0) is 25.5 Å². The molecule has 0 bridgehead atoms. The Bertz CT molecular complexity index is 602. The first-order chi connectivity index (χ1) is 10.3. The normalized spacial score (nSPS) is 18.8. The predicted molar refractivity (Wildman–Crippen MR) is 82.2 cm³/mol. The van der Waals surface area contributed by atoms with E-state index in [-0.39, 0.29) is 0 Å². The second kappa shape index (κ2) is 6.18. The maximum atomic E-state index is 5.57. The fraction of sp³-hybridized carbons (Fsp3) is 0.438. The minimum atomic E-state index is 0.384. The van der Waals surface area contributed by atoms with Gasteiger partial charge in [0.15, 0.2) is 5.82 Å². The van der Waals surface area contributed by atoms with Crippen LogP contribution in [0.5, 0.6) is 0 Å². The van der Waals surface area contributed by atoms with E-state index < -0.39 is 0 Å². The summed E-state index contributed by atoms with van der Waals surface area (Å²) in [5, 5.41) is 0. The van der Waals surface area contributed by atoms with E-state index in [0.29, 0.717) is 6.04 Å². The summed E-state index contributed by atoms with van der Waals surface area (Å²) in [6.45, 7) is 6.58. The van der Waals surface area contributed by atoms with Crippen LogP contribution in [0.15, 0.2) is 30.6 Å². The van der Waals surface area contributed by atoms with Gasteiger partial charge in [0.1, 0.15) is 5.82 Å². The van der Waals surface area contributed by atoms with Gasteiger partial charge in [-0.15, -0.1) is 0 Å². The van der Waals surface area contributed by atoms with Crippen LogP contribution in [0.3, 0.4) is 0 Å². The van der Waals surface area contributed by atoms with Crippen molar-refractivity contribution >= 4 is 5.82 Å². The van der Waals surface area contributed by atoms with Crippen molar-refractivity contribution in [2.45, 2.75) is 26.3 Å². The Balaban J connectivity index is 1.97. The third-order valence-electron chi connectivity index (χ3n) is 3.75. The smallest absolute Gasteiger partial charge is 0.163 e. The Hall–Kier alpha value is -2.01. The van der Waals surface area contributed by atoms with Gasteiger partial charge in [0, 0.05) is 36.3 Å². The molecule has 1 aliphatic rings. The van der Waals surface area contributed by atoms with Crippen molar-refractivity contribution in [1.82, 2.24) is 15.0 Å². The summed E-state index contributed by atoms with van der Waals surface area (Å²) < 4.78 is 5.57. The Morgan fingerprint density at radius 1 is 1.38 bits per heavy atom. The quantitative estimate of drug-likeness (QED) is 0.866. The zero-order valence-electron chi connectivity index (χ0n) is 12.5. The Morgan fingerprint density at radius 2 is 2.29 bits per heavy atom. The summed E-state index contributed by atoms with van der Waals surface area (Å²) in [6.07, 6.45) is 4.61. The summed E-state index contributed by atoms with van der Waals surface area (Å²) >= 11 is 0. The number of aryl methyl sites for hydroxylation is 1. The van der Waals surface area contributed by atoms with Crippen molar-refractivity contribution < 1.29 is 4.74 Å². The molecule has 2 aromatic rings. The van der Waals surface area contributed by atoms with E-state index in [2.05, 4.69) is 21.8 Å². The van der Waals surface area contributed by atoms with Crippen LogP contribution in [-0.4, -0.2) is 40.8 Å². The van der Waals surface area contributed by atoms with Gasteiger partial charge in [0.05, 0.1) is 19.3 Å². The Kier molecular flexibility index (Phi) is 4.10. The van der Waals surface area contributed by atoms with Crippen LogP contribution in [0.2, 0.25) is 0 Å². The highest BCUT2D eigenvalue weighted by atomic mass is 16.5. The lowest BCUT2D eigenvalue weighted by molar-refractivity contribution is 0.0925. The first-order valence-corrected chi connectivity index (χ1v) is 7.38. The van der Waals surface area contributed by atoms with E-state index in [1.54, 1.807) is 12.4 Å². The van der Waals surface area contributed by atoms with Crippen molar-refractivity contribution in [2.75, 3.05) is 24.7 Å². The summed E-state index contributed by atoms with van der Waals surface area (Å²) in [7, 11) is 0. The molecule has 110 valence electrons. The van der Waals surface area contributed by atoms with E-state index in [9.17, 15) is 0 Å². The van der Waals surface area contributed by atoms with Gasteiger partial charge in [0.25, 0.3) is 0 Å². The molecule has 1 aliphatic heterocycles. The monoisotopic (exact) mass is 284 g/mol. The Labute approximate surface area is 125 Å². The van der Waals surface area contributed by atoms with Crippen LogP contribution in [0, 0.1) is 6.92 Å². The molecule has 1 saturated heterocycles. The molecule has 3 rings (SSSR count). The SMILES string of the molecule is CCC1COCCN1c1cc(C)nc(-c2cccnc2)n1. The molecule has 3 heterocycles. The van der Waals surface area contributed by atoms with Gasteiger partial charge in [-0.1, -0.05) is 6.92 Å². The molecule has 0 N–H and O–H groups in total. The van der Waals surface area contributed by atoms with Crippen molar-refractivity contribution in [3.63, 3.8) is 0 Å². The first kappa shape index (κ1) is 13.9. The van der Waals surface area contributed by atoms with E-state index in [1.807, 2.05) is 25.1 Å². The topological polar surface area (TPSA) is 51.1 Å². The molecule has 1 fully saturated rings. The molecule has 0 amide bonds. The van der Waals surface area contributed by atoms with Crippen molar-refractivity contribution in [3.05, 3.63) is 36.3 Å². The van der Waals surface area contributed by atoms with Gasteiger partial charge in [-0.2, -0.15) is 0 Å². The lowest BCUT2D eigenvalue weighted by Crippen LogP contribution is -2.45. The molecule has 0 spiro atoms. The number of anilines is 1. The van der Waals surface area contributed by atoms with E-state index >= 15 is 0 Å². The van der Waals surface area contributed by atoms with E-state index in [4.69, 9.17) is 9.72 Å². The van der Waals surface area contributed by atoms with Gasteiger partial charge in [-0.3, -0.25) is 4.98 Å². The molecule has 5 nitrogen and oxygen atoms in total. The number of morpholine rings is 1. The standard InChI is InChI=1S/C16H20N4O/c1-3-14-11-21-8-7-20(14)15-9-12(2)18-16(19-15)13-5-4-6-17-10-13/h4-6,9-10,14H,3,7-8,11H2,1-2H3. The molecule has 1 unspecified atom stereocenters. The number of hydrogen-bond acceptors (Lipinski definition) is 5. The maximum absolute atomic E-state index is 5.57. The fourth-order valence-corrected chi connectivity index (χ4v) is 2.62. The highest BCUT2D eigenvalue weighted by Crippen LogP contribution is 2.23. The molecule has 0 aliphatic carbocycles. The van der Waals surface area contributed by atoms with E-state index in [0.717, 1.165) is 49.1 Å². The highest BCUT2D eigenvalue weighted by molar-refractivity contribution is 5.57. The van der Waals surface area contributed by atoms with Gasteiger partial charge in [-0.25, -0.2) is 9.97 Å². The van der Waals surface area contributed by atoms with Crippen LogP contribution in [-0.2, 0) is 4.74 Å². The van der Waals surface area contributed by atoms with Gasteiger partial charge < -0.3 is 9.64 Å². The molecule has 0 saturated carbocycles. The van der Waals surface area contributed by atoms with E-state index in [1.165, 1.54) is 0 Å². The average Bonchev–Trinajstić information content (AvgIpc) is 2.55. The zero-order chi connectivity index (χ0) is 14.7. The summed E-state index contributed by atoms with van der Waals surface area (Å²) in [6, 6.07) is 6.33.